The minimum atomic E-state index is -0.517. The SMILES string of the molecule is CCOC(=O)c1sc2nc(-c3ccccc3)c(C(=O)OCC)c(-c3c[nH]c4ccccc34)c2c1N. The smallest absolute Gasteiger partial charge is 0.350 e. The highest BCUT2D eigenvalue weighted by Gasteiger charge is 2.30. The van der Waals surface area contributed by atoms with E-state index in [9.17, 15) is 9.59 Å². The van der Waals surface area contributed by atoms with Crippen LogP contribution in [0.1, 0.15) is 33.9 Å². The monoisotopic (exact) mass is 485 g/mol. The summed E-state index contributed by atoms with van der Waals surface area (Å²) in [6.45, 7) is 3.92. The summed E-state index contributed by atoms with van der Waals surface area (Å²) < 4.78 is 10.7. The number of ether oxygens (including phenoxy) is 2. The molecule has 0 amide bonds. The average Bonchev–Trinajstić information content (AvgIpc) is 3.45. The van der Waals surface area contributed by atoms with Gasteiger partial charge in [0.2, 0.25) is 0 Å². The van der Waals surface area contributed by atoms with Crippen LogP contribution in [-0.4, -0.2) is 35.1 Å². The van der Waals surface area contributed by atoms with Gasteiger partial charge < -0.3 is 20.2 Å². The van der Waals surface area contributed by atoms with E-state index in [1.54, 1.807) is 13.8 Å². The van der Waals surface area contributed by atoms with Gasteiger partial charge in [0.25, 0.3) is 0 Å². The van der Waals surface area contributed by atoms with Crippen LogP contribution < -0.4 is 5.73 Å². The minimum Gasteiger partial charge on any atom is -0.462 e. The molecule has 176 valence electrons. The standard InChI is InChI=1S/C27H23N3O4S/c1-3-33-26(31)21-19(17-14-29-18-13-9-8-12-16(17)18)20-22(28)24(27(32)34-4-2)35-25(20)30-23(21)15-10-6-5-7-11-15/h5-14,29H,3-4,28H2,1-2H3. The van der Waals surface area contributed by atoms with Crippen LogP contribution in [0.2, 0.25) is 0 Å². The van der Waals surface area contributed by atoms with Crippen LogP contribution in [0.15, 0.2) is 60.8 Å². The maximum absolute atomic E-state index is 13.5. The molecule has 0 spiro atoms. The van der Waals surface area contributed by atoms with Crippen LogP contribution in [0.25, 0.3) is 43.5 Å². The lowest BCUT2D eigenvalue weighted by Crippen LogP contribution is -2.11. The number of carbonyl (C=O) groups is 2. The Morgan fingerprint density at radius 1 is 0.971 bits per heavy atom. The molecule has 35 heavy (non-hydrogen) atoms. The number of esters is 2. The van der Waals surface area contributed by atoms with Crippen molar-refractivity contribution in [3.63, 3.8) is 0 Å². The number of pyridine rings is 1. The number of fused-ring (bicyclic) bond motifs is 2. The highest BCUT2D eigenvalue weighted by Crippen LogP contribution is 2.46. The van der Waals surface area contributed by atoms with Crippen LogP contribution in [0.3, 0.4) is 0 Å². The van der Waals surface area contributed by atoms with Gasteiger partial charge in [0.1, 0.15) is 9.71 Å². The van der Waals surface area contributed by atoms with Crippen molar-refractivity contribution in [2.24, 2.45) is 0 Å². The molecule has 0 fully saturated rings. The van der Waals surface area contributed by atoms with E-state index in [1.807, 2.05) is 60.8 Å². The quantitative estimate of drug-likeness (QED) is 0.284. The Kier molecular flexibility index (Phi) is 5.96. The zero-order chi connectivity index (χ0) is 24.5. The number of carbonyl (C=O) groups excluding carboxylic acids is 2. The topological polar surface area (TPSA) is 107 Å². The highest BCUT2D eigenvalue weighted by molar-refractivity contribution is 7.21. The molecular formula is C27H23N3O4S. The number of para-hydroxylation sites is 1. The Hall–Kier alpha value is -4.17. The third-order valence-electron chi connectivity index (χ3n) is 5.72. The van der Waals surface area contributed by atoms with Crippen molar-refractivity contribution in [2.45, 2.75) is 13.8 Å². The Bertz CT molecular complexity index is 1570. The zero-order valence-corrected chi connectivity index (χ0v) is 20.1. The van der Waals surface area contributed by atoms with Gasteiger partial charge in [-0.3, -0.25) is 0 Å². The van der Waals surface area contributed by atoms with Crippen LogP contribution in [0.5, 0.6) is 0 Å². The van der Waals surface area contributed by atoms with Gasteiger partial charge in [-0.2, -0.15) is 0 Å². The third-order valence-corrected chi connectivity index (χ3v) is 6.80. The van der Waals surface area contributed by atoms with Crippen LogP contribution in [-0.2, 0) is 9.47 Å². The third kappa shape index (κ3) is 3.81. The van der Waals surface area contributed by atoms with Crippen LogP contribution >= 0.6 is 11.3 Å². The molecule has 0 aliphatic carbocycles. The van der Waals surface area contributed by atoms with Crippen LogP contribution in [0, 0.1) is 0 Å². The molecule has 0 atom stereocenters. The van der Waals surface area contributed by atoms with Gasteiger partial charge in [0.15, 0.2) is 0 Å². The fourth-order valence-electron chi connectivity index (χ4n) is 4.26. The Morgan fingerprint density at radius 2 is 1.66 bits per heavy atom. The number of aromatic amines is 1. The molecule has 0 saturated heterocycles. The molecule has 0 aliphatic rings. The number of hydrogen-bond acceptors (Lipinski definition) is 7. The fourth-order valence-corrected chi connectivity index (χ4v) is 5.25. The summed E-state index contributed by atoms with van der Waals surface area (Å²) in [6.07, 6.45) is 1.85. The molecule has 3 N–H and O–H groups in total. The minimum absolute atomic E-state index is 0.200. The fraction of sp³-hybridized carbons (Fsp3) is 0.148. The number of nitrogens with zero attached hydrogens (tertiary/aromatic N) is 1. The Balaban J connectivity index is 1.96. The van der Waals surface area contributed by atoms with Gasteiger partial charge in [-0.15, -0.1) is 11.3 Å². The predicted octanol–water partition coefficient (Wildman–Crippen LogP) is 6.05. The normalized spacial score (nSPS) is 11.1. The molecule has 0 radical (unpaired) electrons. The second-order valence-electron chi connectivity index (χ2n) is 7.79. The molecule has 0 unspecified atom stereocenters. The largest absolute Gasteiger partial charge is 0.462 e. The number of nitrogens with one attached hydrogen (secondary N) is 1. The van der Waals surface area contributed by atoms with E-state index in [4.69, 9.17) is 20.2 Å². The van der Waals surface area contributed by atoms with Crippen molar-refractivity contribution in [1.29, 1.82) is 0 Å². The molecule has 5 aromatic rings. The number of nitrogens with two attached hydrogens (primary N) is 1. The van der Waals surface area contributed by atoms with E-state index in [-0.39, 0.29) is 23.8 Å². The summed E-state index contributed by atoms with van der Waals surface area (Å²) in [6, 6.07) is 17.2. The first kappa shape index (κ1) is 22.6. The average molecular weight is 486 g/mol. The maximum Gasteiger partial charge on any atom is 0.350 e. The van der Waals surface area contributed by atoms with E-state index in [0.717, 1.165) is 33.4 Å². The Morgan fingerprint density at radius 3 is 2.40 bits per heavy atom. The molecule has 8 heteroatoms. The number of anilines is 1. The lowest BCUT2D eigenvalue weighted by Gasteiger charge is -2.15. The summed E-state index contributed by atoms with van der Waals surface area (Å²) in [5, 5.41) is 1.44. The molecule has 5 rings (SSSR count). The molecular weight excluding hydrogens is 462 g/mol. The first-order chi connectivity index (χ1) is 17.0. The van der Waals surface area contributed by atoms with Crippen molar-refractivity contribution in [3.05, 3.63) is 71.2 Å². The predicted molar refractivity (Wildman–Crippen MR) is 139 cm³/mol. The molecule has 7 nitrogen and oxygen atoms in total. The Labute approximate surface area is 205 Å². The van der Waals surface area contributed by atoms with Gasteiger partial charge in [0.05, 0.1) is 30.2 Å². The first-order valence-corrected chi connectivity index (χ1v) is 12.1. The van der Waals surface area contributed by atoms with Gasteiger partial charge in [-0.05, 0) is 19.9 Å². The van der Waals surface area contributed by atoms with Gasteiger partial charge in [-0.1, -0.05) is 48.5 Å². The zero-order valence-electron chi connectivity index (χ0n) is 19.3. The number of rotatable bonds is 6. The van der Waals surface area contributed by atoms with Gasteiger partial charge >= 0.3 is 11.9 Å². The van der Waals surface area contributed by atoms with E-state index in [0.29, 0.717) is 27.0 Å². The molecule has 3 heterocycles. The van der Waals surface area contributed by atoms with Crippen molar-refractivity contribution >= 4 is 50.1 Å². The number of hydrogen-bond donors (Lipinski definition) is 2. The summed E-state index contributed by atoms with van der Waals surface area (Å²) >= 11 is 1.16. The van der Waals surface area contributed by atoms with Crippen molar-refractivity contribution in [1.82, 2.24) is 9.97 Å². The molecule has 2 aromatic carbocycles. The highest BCUT2D eigenvalue weighted by atomic mass is 32.1. The lowest BCUT2D eigenvalue weighted by molar-refractivity contribution is 0.0521. The maximum atomic E-state index is 13.5. The molecule has 0 aliphatic heterocycles. The molecule has 0 saturated carbocycles. The van der Waals surface area contributed by atoms with E-state index >= 15 is 0 Å². The molecule has 3 aromatic heterocycles. The number of H-pyrrole nitrogens is 1. The van der Waals surface area contributed by atoms with E-state index in [2.05, 4.69) is 4.98 Å². The summed E-state index contributed by atoms with van der Waals surface area (Å²) in [5.74, 6) is -1.03. The summed E-state index contributed by atoms with van der Waals surface area (Å²) in [4.78, 5) is 35.1. The van der Waals surface area contributed by atoms with Crippen LogP contribution in [0.4, 0.5) is 5.69 Å². The number of thiophene rings is 1. The molecule has 0 bridgehead atoms. The van der Waals surface area contributed by atoms with Crippen molar-refractivity contribution < 1.29 is 19.1 Å². The second kappa shape index (κ2) is 9.23. The van der Waals surface area contributed by atoms with Crippen molar-refractivity contribution in [2.75, 3.05) is 18.9 Å². The van der Waals surface area contributed by atoms with E-state index in [1.165, 1.54) is 0 Å². The summed E-state index contributed by atoms with van der Waals surface area (Å²) in [5.41, 5.74) is 10.6. The van der Waals surface area contributed by atoms with Gasteiger partial charge in [0, 0.05) is 39.2 Å². The second-order valence-corrected chi connectivity index (χ2v) is 8.79. The van der Waals surface area contributed by atoms with Crippen molar-refractivity contribution in [3.8, 4) is 22.4 Å². The first-order valence-electron chi connectivity index (χ1n) is 11.3. The van der Waals surface area contributed by atoms with E-state index < -0.39 is 11.9 Å². The number of nitrogen functional groups attached to an aromatic ring is 1. The summed E-state index contributed by atoms with van der Waals surface area (Å²) in [7, 11) is 0. The van der Waals surface area contributed by atoms with Gasteiger partial charge in [-0.25, -0.2) is 14.6 Å². The number of benzene rings is 2. The number of aromatic nitrogens is 2. The lowest BCUT2D eigenvalue weighted by atomic mass is 9.92.